The van der Waals surface area contributed by atoms with Crippen molar-refractivity contribution in [3.8, 4) is 0 Å². The van der Waals surface area contributed by atoms with Gasteiger partial charge < -0.3 is 10.1 Å². The van der Waals surface area contributed by atoms with Crippen molar-refractivity contribution in [2.45, 2.75) is 46.1 Å². The number of aromatic amines is 1. The molecule has 1 aromatic rings. The maximum absolute atomic E-state index is 11.8. The summed E-state index contributed by atoms with van der Waals surface area (Å²) in [6, 6.07) is 0. The lowest BCUT2D eigenvalue weighted by Crippen LogP contribution is -2.33. The van der Waals surface area contributed by atoms with Crippen LogP contribution in [0.1, 0.15) is 37.2 Å². The molecule has 0 atom stereocenters. The Bertz CT molecular complexity index is 391. The number of amides is 1. The van der Waals surface area contributed by atoms with Gasteiger partial charge in [0.05, 0.1) is 17.7 Å². The molecule has 5 heteroatoms. The number of carbonyl (C=O) groups excluding carboxylic acids is 1. The molecule has 0 radical (unpaired) electrons. The molecule has 0 aliphatic rings. The highest BCUT2D eigenvalue weighted by molar-refractivity contribution is 5.79. The quantitative estimate of drug-likeness (QED) is 0.807. The zero-order valence-electron chi connectivity index (χ0n) is 11.9. The van der Waals surface area contributed by atoms with Crippen molar-refractivity contribution in [2.24, 2.45) is 0 Å². The fourth-order valence-corrected chi connectivity index (χ4v) is 1.66. The van der Waals surface area contributed by atoms with Crippen LogP contribution in [0.4, 0.5) is 0 Å². The van der Waals surface area contributed by atoms with Gasteiger partial charge in [-0.2, -0.15) is 5.10 Å². The maximum Gasteiger partial charge on any atom is 0.224 e. The van der Waals surface area contributed by atoms with E-state index < -0.39 is 0 Å². The maximum atomic E-state index is 11.8. The smallest absolute Gasteiger partial charge is 0.224 e. The fourth-order valence-electron chi connectivity index (χ4n) is 1.66. The first-order chi connectivity index (χ1) is 8.35. The van der Waals surface area contributed by atoms with Gasteiger partial charge in [-0.15, -0.1) is 0 Å². The number of hydrogen-bond donors (Lipinski definition) is 2. The third kappa shape index (κ3) is 4.14. The molecule has 0 aliphatic heterocycles. The molecular formula is C13H23N3O2. The average Bonchev–Trinajstić information content (AvgIpc) is 2.60. The van der Waals surface area contributed by atoms with Gasteiger partial charge in [0.15, 0.2) is 0 Å². The molecule has 2 N–H and O–H groups in total. The number of ether oxygens (including phenoxy) is 1. The van der Waals surface area contributed by atoms with Gasteiger partial charge in [0, 0.05) is 24.9 Å². The Kier molecular flexibility index (Phi) is 4.90. The molecule has 0 unspecified atom stereocenters. The summed E-state index contributed by atoms with van der Waals surface area (Å²) in [5, 5.41) is 9.86. The van der Waals surface area contributed by atoms with Crippen molar-refractivity contribution in [3.63, 3.8) is 0 Å². The summed E-state index contributed by atoms with van der Waals surface area (Å²) in [6.45, 7) is 8.46. The van der Waals surface area contributed by atoms with Crippen molar-refractivity contribution < 1.29 is 9.53 Å². The van der Waals surface area contributed by atoms with E-state index in [9.17, 15) is 4.79 Å². The Hall–Kier alpha value is -1.36. The van der Waals surface area contributed by atoms with Crippen LogP contribution in [-0.2, 0) is 16.0 Å². The molecule has 18 heavy (non-hydrogen) atoms. The van der Waals surface area contributed by atoms with Crippen LogP contribution in [-0.4, -0.2) is 35.4 Å². The van der Waals surface area contributed by atoms with Gasteiger partial charge in [-0.1, -0.05) is 0 Å². The molecule has 0 saturated heterocycles. The minimum absolute atomic E-state index is 0.0227. The van der Waals surface area contributed by atoms with Crippen LogP contribution in [0.3, 0.4) is 0 Å². The predicted octanol–water partition coefficient (Wildman–Crippen LogP) is 1.50. The van der Waals surface area contributed by atoms with Gasteiger partial charge in [0.25, 0.3) is 0 Å². The molecule has 1 amide bonds. The topological polar surface area (TPSA) is 67.0 Å². The summed E-state index contributed by atoms with van der Waals surface area (Å²) in [7, 11) is 1.68. The van der Waals surface area contributed by atoms with Crippen LogP contribution in [0, 0.1) is 13.8 Å². The summed E-state index contributed by atoms with van der Waals surface area (Å²) in [6.07, 6.45) is 1.17. The Balaban J connectivity index is 2.39. The molecular weight excluding hydrogens is 230 g/mol. The highest BCUT2D eigenvalue weighted by Crippen LogP contribution is 2.12. The number of aryl methyl sites for hydroxylation is 2. The molecule has 1 aromatic heterocycles. The van der Waals surface area contributed by atoms with Crippen LogP contribution in [0.15, 0.2) is 0 Å². The summed E-state index contributed by atoms with van der Waals surface area (Å²) in [4.78, 5) is 11.8. The number of hydrogen-bond acceptors (Lipinski definition) is 3. The van der Waals surface area contributed by atoms with E-state index in [1.807, 2.05) is 27.7 Å². The highest BCUT2D eigenvalue weighted by atomic mass is 16.5. The minimum atomic E-state index is -0.200. The lowest BCUT2D eigenvalue weighted by Gasteiger charge is -2.22. The van der Waals surface area contributed by atoms with Crippen molar-refractivity contribution in [1.29, 1.82) is 0 Å². The van der Waals surface area contributed by atoms with E-state index in [-0.39, 0.29) is 11.5 Å². The standard InChI is InChI=1S/C13H23N3O2/c1-9-11(10(2)16-15-9)8-12(17)14-7-6-13(3,4)18-5/h6-8H2,1-5H3,(H,14,17)(H,15,16). The number of H-pyrrole nitrogens is 1. The van der Waals surface area contributed by atoms with E-state index >= 15 is 0 Å². The molecule has 0 saturated carbocycles. The molecule has 0 aromatic carbocycles. The van der Waals surface area contributed by atoms with Crippen molar-refractivity contribution in [1.82, 2.24) is 15.5 Å². The molecule has 0 fully saturated rings. The van der Waals surface area contributed by atoms with E-state index in [4.69, 9.17) is 4.74 Å². The Morgan fingerprint density at radius 3 is 2.61 bits per heavy atom. The molecule has 0 bridgehead atoms. The number of rotatable bonds is 6. The predicted molar refractivity (Wildman–Crippen MR) is 70.5 cm³/mol. The number of carbonyl (C=O) groups is 1. The zero-order chi connectivity index (χ0) is 13.8. The van der Waals surface area contributed by atoms with Crippen molar-refractivity contribution >= 4 is 5.91 Å². The third-order valence-electron chi connectivity index (χ3n) is 3.22. The number of nitrogens with zero attached hydrogens (tertiary/aromatic N) is 1. The van der Waals surface area contributed by atoms with E-state index in [0.717, 1.165) is 23.4 Å². The van der Waals surface area contributed by atoms with Gasteiger partial charge >= 0.3 is 0 Å². The molecule has 0 spiro atoms. The fraction of sp³-hybridized carbons (Fsp3) is 0.692. The molecule has 5 nitrogen and oxygen atoms in total. The van der Waals surface area contributed by atoms with Gasteiger partial charge in [-0.3, -0.25) is 9.89 Å². The van der Waals surface area contributed by atoms with Gasteiger partial charge in [-0.25, -0.2) is 0 Å². The second-order valence-corrected chi connectivity index (χ2v) is 5.15. The molecule has 1 heterocycles. The van der Waals surface area contributed by atoms with Crippen LogP contribution in [0.2, 0.25) is 0 Å². The second kappa shape index (κ2) is 6.00. The highest BCUT2D eigenvalue weighted by Gasteiger charge is 2.16. The Labute approximate surface area is 108 Å². The van der Waals surface area contributed by atoms with Crippen LogP contribution in [0.25, 0.3) is 0 Å². The van der Waals surface area contributed by atoms with Gasteiger partial charge in [0.2, 0.25) is 5.91 Å². The molecule has 1 rings (SSSR count). The Morgan fingerprint density at radius 1 is 1.44 bits per heavy atom. The number of aromatic nitrogens is 2. The number of methoxy groups -OCH3 is 1. The molecule has 102 valence electrons. The molecule has 0 aliphatic carbocycles. The normalized spacial score (nSPS) is 11.6. The Morgan fingerprint density at radius 2 is 2.11 bits per heavy atom. The van der Waals surface area contributed by atoms with Crippen LogP contribution >= 0.6 is 0 Å². The first kappa shape index (κ1) is 14.7. The average molecular weight is 253 g/mol. The van der Waals surface area contributed by atoms with E-state index in [2.05, 4.69) is 15.5 Å². The SMILES string of the molecule is COC(C)(C)CCNC(=O)Cc1c(C)n[nH]c1C. The zero-order valence-corrected chi connectivity index (χ0v) is 11.9. The summed E-state index contributed by atoms with van der Waals surface area (Å²) in [5.41, 5.74) is 2.63. The minimum Gasteiger partial charge on any atom is -0.379 e. The lowest BCUT2D eigenvalue weighted by atomic mass is 10.1. The number of nitrogens with one attached hydrogen (secondary N) is 2. The van der Waals surface area contributed by atoms with Gasteiger partial charge in [-0.05, 0) is 34.1 Å². The lowest BCUT2D eigenvalue weighted by molar-refractivity contribution is -0.120. The first-order valence-corrected chi connectivity index (χ1v) is 6.18. The summed E-state index contributed by atoms with van der Waals surface area (Å²) >= 11 is 0. The monoisotopic (exact) mass is 253 g/mol. The van der Waals surface area contributed by atoms with Crippen molar-refractivity contribution in [2.75, 3.05) is 13.7 Å². The largest absolute Gasteiger partial charge is 0.379 e. The van der Waals surface area contributed by atoms with Gasteiger partial charge in [0.1, 0.15) is 0 Å². The van der Waals surface area contributed by atoms with Crippen molar-refractivity contribution in [3.05, 3.63) is 17.0 Å². The summed E-state index contributed by atoms with van der Waals surface area (Å²) < 4.78 is 5.30. The first-order valence-electron chi connectivity index (χ1n) is 6.18. The third-order valence-corrected chi connectivity index (χ3v) is 3.22. The summed E-state index contributed by atoms with van der Waals surface area (Å²) in [5.74, 6) is 0.0227. The van der Waals surface area contributed by atoms with Crippen LogP contribution in [0.5, 0.6) is 0 Å². The second-order valence-electron chi connectivity index (χ2n) is 5.15. The van der Waals surface area contributed by atoms with E-state index in [0.29, 0.717) is 13.0 Å². The van der Waals surface area contributed by atoms with E-state index in [1.54, 1.807) is 7.11 Å². The van der Waals surface area contributed by atoms with Crippen LogP contribution < -0.4 is 5.32 Å². The van der Waals surface area contributed by atoms with E-state index in [1.165, 1.54) is 0 Å².